The average Bonchev–Trinajstić information content (AvgIpc) is 2.41. The quantitative estimate of drug-likeness (QED) is 0.353. The SMILES string of the molecule is CN=C(NCCNS(C)(=O)=O)NCCc1ccccn1. The molecule has 0 aromatic carbocycles. The van der Waals surface area contributed by atoms with Gasteiger partial charge in [-0.3, -0.25) is 9.98 Å². The number of aromatic nitrogens is 1. The van der Waals surface area contributed by atoms with Gasteiger partial charge in [0.25, 0.3) is 0 Å². The Morgan fingerprint density at radius 1 is 1.25 bits per heavy atom. The van der Waals surface area contributed by atoms with Crippen molar-refractivity contribution in [3.8, 4) is 0 Å². The van der Waals surface area contributed by atoms with Crippen LogP contribution in [0.25, 0.3) is 0 Å². The zero-order valence-corrected chi connectivity index (χ0v) is 12.6. The average molecular weight is 299 g/mol. The van der Waals surface area contributed by atoms with Crippen LogP contribution in [0.2, 0.25) is 0 Å². The third-order valence-electron chi connectivity index (χ3n) is 2.41. The molecule has 0 saturated carbocycles. The molecule has 1 aromatic rings. The van der Waals surface area contributed by atoms with Crippen LogP contribution in [0.3, 0.4) is 0 Å². The highest BCUT2D eigenvalue weighted by atomic mass is 32.2. The molecule has 0 saturated heterocycles. The van der Waals surface area contributed by atoms with E-state index in [1.54, 1.807) is 13.2 Å². The number of nitrogens with zero attached hydrogens (tertiary/aromatic N) is 2. The third-order valence-corrected chi connectivity index (χ3v) is 3.13. The molecule has 0 aliphatic heterocycles. The molecule has 0 radical (unpaired) electrons. The summed E-state index contributed by atoms with van der Waals surface area (Å²) >= 11 is 0. The Labute approximate surface area is 120 Å². The molecule has 3 N–H and O–H groups in total. The fourth-order valence-corrected chi connectivity index (χ4v) is 1.97. The van der Waals surface area contributed by atoms with Gasteiger partial charge in [0.15, 0.2) is 5.96 Å². The maximum Gasteiger partial charge on any atom is 0.208 e. The first-order valence-electron chi connectivity index (χ1n) is 6.30. The van der Waals surface area contributed by atoms with Gasteiger partial charge in [-0.1, -0.05) is 6.07 Å². The van der Waals surface area contributed by atoms with Gasteiger partial charge in [-0.2, -0.15) is 0 Å². The minimum atomic E-state index is -3.14. The molecule has 112 valence electrons. The van der Waals surface area contributed by atoms with E-state index in [0.717, 1.165) is 18.4 Å². The monoisotopic (exact) mass is 299 g/mol. The van der Waals surface area contributed by atoms with Gasteiger partial charge in [-0.05, 0) is 12.1 Å². The van der Waals surface area contributed by atoms with Gasteiger partial charge in [0.2, 0.25) is 10.0 Å². The molecular formula is C12H21N5O2S. The Morgan fingerprint density at radius 3 is 2.60 bits per heavy atom. The van der Waals surface area contributed by atoms with Gasteiger partial charge in [-0.25, -0.2) is 13.1 Å². The second kappa shape index (κ2) is 8.49. The molecule has 20 heavy (non-hydrogen) atoms. The second-order valence-electron chi connectivity index (χ2n) is 4.16. The minimum absolute atomic E-state index is 0.319. The number of hydrogen-bond donors (Lipinski definition) is 3. The molecule has 1 rings (SSSR count). The Kier molecular flexibility index (Phi) is 6.96. The fraction of sp³-hybridized carbons (Fsp3) is 0.500. The summed E-state index contributed by atoms with van der Waals surface area (Å²) in [5.74, 6) is 0.635. The van der Waals surface area contributed by atoms with Gasteiger partial charge in [0.1, 0.15) is 0 Å². The Balaban J connectivity index is 2.20. The summed E-state index contributed by atoms with van der Waals surface area (Å²) in [7, 11) is -1.47. The van der Waals surface area contributed by atoms with E-state index in [0.29, 0.717) is 25.6 Å². The van der Waals surface area contributed by atoms with Crippen LogP contribution < -0.4 is 15.4 Å². The first-order chi connectivity index (χ1) is 9.51. The zero-order chi connectivity index (χ0) is 14.8. The van der Waals surface area contributed by atoms with E-state index in [-0.39, 0.29) is 0 Å². The number of aliphatic imine (C=N–C) groups is 1. The predicted molar refractivity (Wildman–Crippen MR) is 80.2 cm³/mol. The van der Waals surface area contributed by atoms with Gasteiger partial charge in [-0.15, -0.1) is 0 Å². The molecule has 8 heteroatoms. The van der Waals surface area contributed by atoms with Crippen LogP contribution in [0.15, 0.2) is 29.4 Å². The van der Waals surface area contributed by atoms with E-state index in [1.807, 2.05) is 18.2 Å². The van der Waals surface area contributed by atoms with E-state index in [4.69, 9.17) is 0 Å². The molecule has 0 aliphatic rings. The molecule has 7 nitrogen and oxygen atoms in total. The summed E-state index contributed by atoms with van der Waals surface area (Å²) in [6, 6.07) is 5.80. The number of pyridine rings is 1. The number of guanidine groups is 1. The van der Waals surface area contributed by atoms with E-state index < -0.39 is 10.0 Å². The maximum atomic E-state index is 10.9. The van der Waals surface area contributed by atoms with Gasteiger partial charge in [0.05, 0.1) is 6.26 Å². The molecule has 0 atom stereocenters. The molecule has 0 spiro atoms. The van der Waals surface area contributed by atoms with Crippen molar-refractivity contribution in [2.24, 2.45) is 4.99 Å². The molecule has 1 aromatic heterocycles. The largest absolute Gasteiger partial charge is 0.356 e. The standard InChI is InChI=1S/C12H21N5O2S/c1-13-12(16-9-10-17-20(2,18)19)15-8-6-11-5-3-4-7-14-11/h3-5,7,17H,6,8-10H2,1-2H3,(H2,13,15,16). The summed E-state index contributed by atoms with van der Waals surface area (Å²) in [5, 5.41) is 6.16. The van der Waals surface area contributed by atoms with Crippen LogP contribution in [-0.4, -0.2) is 52.3 Å². The van der Waals surface area contributed by atoms with Crippen molar-refractivity contribution in [1.29, 1.82) is 0 Å². The minimum Gasteiger partial charge on any atom is -0.356 e. The lowest BCUT2D eigenvalue weighted by Crippen LogP contribution is -2.42. The van der Waals surface area contributed by atoms with Crippen molar-refractivity contribution in [3.05, 3.63) is 30.1 Å². The van der Waals surface area contributed by atoms with Crippen molar-refractivity contribution < 1.29 is 8.42 Å². The number of hydrogen-bond acceptors (Lipinski definition) is 4. The first kappa shape index (κ1) is 16.4. The van der Waals surface area contributed by atoms with Crippen molar-refractivity contribution in [3.63, 3.8) is 0 Å². The van der Waals surface area contributed by atoms with Gasteiger partial charge in [0, 0.05) is 45.0 Å². The number of sulfonamides is 1. The molecule has 0 amide bonds. The molecule has 0 fully saturated rings. The number of rotatable bonds is 7. The molecular weight excluding hydrogens is 278 g/mol. The maximum absolute atomic E-state index is 10.9. The molecule has 1 heterocycles. The first-order valence-corrected chi connectivity index (χ1v) is 8.19. The lowest BCUT2D eigenvalue weighted by Gasteiger charge is -2.11. The summed E-state index contributed by atoms with van der Waals surface area (Å²) in [6.45, 7) is 1.49. The van der Waals surface area contributed by atoms with Crippen LogP contribution in [0.5, 0.6) is 0 Å². The Morgan fingerprint density at radius 2 is 2.00 bits per heavy atom. The second-order valence-corrected chi connectivity index (χ2v) is 6.00. The highest BCUT2D eigenvalue weighted by Crippen LogP contribution is 1.92. The van der Waals surface area contributed by atoms with E-state index in [1.165, 1.54) is 0 Å². The van der Waals surface area contributed by atoms with Crippen molar-refractivity contribution in [2.75, 3.05) is 32.9 Å². The summed E-state index contributed by atoms with van der Waals surface area (Å²) < 4.78 is 24.2. The van der Waals surface area contributed by atoms with E-state index in [9.17, 15) is 8.42 Å². The van der Waals surface area contributed by atoms with E-state index >= 15 is 0 Å². The molecule has 0 unspecified atom stereocenters. The lowest BCUT2D eigenvalue weighted by molar-refractivity contribution is 0.586. The van der Waals surface area contributed by atoms with Crippen molar-refractivity contribution in [2.45, 2.75) is 6.42 Å². The van der Waals surface area contributed by atoms with Crippen molar-refractivity contribution >= 4 is 16.0 Å². The lowest BCUT2D eigenvalue weighted by atomic mass is 10.3. The predicted octanol–water partition coefficient (Wildman–Crippen LogP) is -0.662. The third kappa shape index (κ3) is 7.70. The highest BCUT2D eigenvalue weighted by Gasteiger charge is 2.00. The zero-order valence-electron chi connectivity index (χ0n) is 11.8. The fourth-order valence-electron chi connectivity index (χ4n) is 1.49. The van der Waals surface area contributed by atoms with Crippen LogP contribution in [0.1, 0.15) is 5.69 Å². The van der Waals surface area contributed by atoms with Gasteiger partial charge < -0.3 is 10.6 Å². The van der Waals surface area contributed by atoms with Crippen LogP contribution in [0.4, 0.5) is 0 Å². The summed E-state index contributed by atoms with van der Waals surface area (Å²) in [4.78, 5) is 8.28. The molecule has 0 bridgehead atoms. The van der Waals surface area contributed by atoms with Gasteiger partial charge >= 0.3 is 0 Å². The smallest absolute Gasteiger partial charge is 0.208 e. The summed E-state index contributed by atoms with van der Waals surface area (Å²) in [5.41, 5.74) is 1.01. The number of nitrogens with one attached hydrogen (secondary N) is 3. The van der Waals surface area contributed by atoms with Crippen LogP contribution in [0, 0.1) is 0 Å². The van der Waals surface area contributed by atoms with Crippen molar-refractivity contribution in [1.82, 2.24) is 20.3 Å². The molecule has 0 aliphatic carbocycles. The van der Waals surface area contributed by atoms with E-state index in [2.05, 4.69) is 25.3 Å². The summed E-state index contributed by atoms with van der Waals surface area (Å²) in [6.07, 6.45) is 3.69. The Hall–Kier alpha value is -1.67. The normalized spacial score (nSPS) is 12.2. The topological polar surface area (TPSA) is 95.5 Å². The van der Waals surface area contributed by atoms with Crippen LogP contribution >= 0.6 is 0 Å². The highest BCUT2D eigenvalue weighted by molar-refractivity contribution is 7.88. The van der Waals surface area contributed by atoms with Crippen LogP contribution in [-0.2, 0) is 16.4 Å². The Bertz CT molecular complexity index is 516.